The lowest BCUT2D eigenvalue weighted by Gasteiger charge is -2.29. The molecule has 0 unspecified atom stereocenters. The van der Waals surface area contributed by atoms with Gasteiger partial charge in [0.2, 0.25) is 15.9 Å². The molecule has 0 atom stereocenters. The highest BCUT2D eigenvalue weighted by molar-refractivity contribution is 7.89. The molecule has 2 aromatic rings. The van der Waals surface area contributed by atoms with E-state index in [9.17, 15) is 18.0 Å². The number of piperidine rings is 1. The van der Waals surface area contributed by atoms with Crippen molar-refractivity contribution in [3.8, 4) is 0 Å². The summed E-state index contributed by atoms with van der Waals surface area (Å²) in [6, 6.07) is 2.77. The third-order valence-electron chi connectivity index (χ3n) is 4.34. The number of nitrogens with zero attached hydrogens (tertiary/aromatic N) is 3. The molecule has 1 aliphatic rings. The first-order valence-corrected chi connectivity index (χ1v) is 10.6. The second kappa shape index (κ2) is 7.68. The van der Waals surface area contributed by atoms with E-state index in [1.165, 1.54) is 34.0 Å². The first-order valence-electron chi connectivity index (χ1n) is 8.27. The Kier molecular flexibility index (Phi) is 5.54. The zero-order valence-electron chi connectivity index (χ0n) is 14.3. The molecule has 26 heavy (non-hydrogen) atoms. The maximum absolute atomic E-state index is 12.8. The maximum atomic E-state index is 12.8. The maximum Gasteiger partial charge on any atom is 0.271 e. The number of aromatic nitrogens is 2. The molecule has 1 amide bonds. The summed E-state index contributed by atoms with van der Waals surface area (Å²) in [4.78, 5) is 28.3. The van der Waals surface area contributed by atoms with Gasteiger partial charge in [0.1, 0.15) is 11.4 Å². The quantitative estimate of drug-likeness (QED) is 0.822. The first-order chi connectivity index (χ1) is 12.4. The normalized spacial score (nSPS) is 16.5. The third-order valence-corrected chi connectivity index (χ3v) is 6.94. The molecule has 3 rings (SSSR count). The van der Waals surface area contributed by atoms with E-state index in [2.05, 4.69) is 17.2 Å². The highest BCUT2D eigenvalue weighted by Crippen LogP contribution is 2.21. The molecule has 2 aromatic heterocycles. The summed E-state index contributed by atoms with van der Waals surface area (Å²) in [5.74, 6) is 0.0341. The van der Waals surface area contributed by atoms with Crippen molar-refractivity contribution in [3.63, 3.8) is 0 Å². The van der Waals surface area contributed by atoms with Crippen molar-refractivity contribution in [1.82, 2.24) is 13.9 Å². The minimum absolute atomic E-state index is 0.279. The van der Waals surface area contributed by atoms with Crippen molar-refractivity contribution in [3.05, 3.63) is 40.3 Å². The van der Waals surface area contributed by atoms with Crippen molar-refractivity contribution >= 4 is 32.4 Å². The van der Waals surface area contributed by atoms with Crippen LogP contribution in [0, 0.1) is 5.92 Å². The molecule has 140 valence electrons. The summed E-state index contributed by atoms with van der Waals surface area (Å²) in [7, 11) is -3.87. The number of anilines is 1. The van der Waals surface area contributed by atoms with Gasteiger partial charge in [-0.3, -0.25) is 9.59 Å². The Balaban J connectivity index is 1.80. The van der Waals surface area contributed by atoms with E-state index in [0.29, 0.717) is 24.1 Å². The van der Waals surface area contributed by atoms with Crippen LogP contribution in [0.4, 0.5) is 5.13 Å². The van der Waals surface area contributed by atoms with Crippen molar-refractivity contribution in [2.45, 2.75) is 31.2 Å². The van der Waals surface area contributed by atoms with E-state index < -0.39 is 21.5 Å². The van der Waals surface area contributed by atoms with E-state index in [-0.39, 0.29) is 11.4 Å². The third kappa shape index (κ3) is 4.02. The summed E-state index contributed by atoms with van der Waals surface area (Å²) in [6.07, 6.45) is 4.51. The Morgan fingerprint density at radius 1 is 1.38 bits per heavy atom. The highest BCUT2D eigenvalue weighted by atomic mass is 32.2. The molecule has 0 spiro atoms. The highest BCUT2D eigenvalue weighted by Gasteiger charge is 2.30. The van der Waals surface area contributed by atoms with Crippen LogP contribution in [0.3, 0.4) is 0 Å². The van der Waals surface area contributed by atoms with Crippen LogP contribution >= 0.6 is 11.3 Å². The van der Waals surface area contributed by atoms with Crippen LogP contribution in [0.5, 0.6) is 0 Å². The fourth-order valence-corrected chi connectivity index (χ4v) is 4.90. The Labute approximate surface area is 155 Å². The number of thiazole rings is 1. The van der Waals surface area contributed by atoms with Gasteiger partial charge in [0.25, 0.3) is 5.56 Å². The Morgan fingerprint density at radius 3 is 2.77 bits per heavy atom. The Bertz CT molecular complexity index is 929. The van der Waals surface area contributed by atoms with Crippen molar-refractivity contribution in [1.29, 1.82) is 0 Å². The molecule has 0 bridgehead atoms. The number of amides is 1. The van der Waals surface area contributed by atoms with E-state index in [4.69, 9.17) is 0 Å². The predicted molar refractivity (Wildman–Crippen MR) is 98.6 cm³/mol. The fraction of sp³-hybridized carbons (Fsp3) is 0.438. The van der Waals surface area contributed by atoms with Gasteiger partial charge in [0, 0.05) is 30.9 Å². The number of sulfonamides is 1. The van der Waals surface area contributed by atoms with Gasteiger partial charge >= 0.3 is 0 Å². The summed E-state index contributed by atoms with van der Waals surface area (Å²) < 4.78 is 28.1. The largest absolute Gasteiger partial charge is 0.305 e. The molecular weight excluding hydrogens is 376 g/mol. The summed E-state index contributed by atoms with van der Waals surface area (Å²) in [5.41, 5.74) is -0.694. The van der Waals surface area contributed by atoms with Crippen LogP contribution in [0.25, 0.3) is 0 Å². The molecule has 10 heteroatoms. The molecule has 0 saturated carbocycles. The number of carbonyl (C=O) groups is 1. The first kappa shape index (κ1) is 18.7. The number of hydrogen-bond donors (Lipinski definition) is 1. The number of pyridine rings is 1. The van der Waals surface area contributed by atoms with E-state index in [1.807, 2.05) is 0 Å². The van der Waals surface area contributed by atoms with Crippen molar-refractivity contribution < 1.29 is 13.2 Å². The van der Waals surface area contributed by atoms with Gasteiger partial charge < -0.3 is 9.88 Å². The Morgan fingerprint density at radius 2 is 2.12 bits per heavy atom. The smallest absolute Gasteiger partial charge is 0.271 e. The zero-order chi connectivity index (χ0) is 18.7. The van der Waals surface area contributed by atoms with Crippen LogP contribution < -0.4 is 10.9 Å². The number of carbonyl (C=O) groups excluding carboxylic acids is 1. The second-order valence-corrected chi connectivity index (χ2v) is 9.08. The van der Waals surface area contributed by atoms with Crippen LogP contribution in [0.15, 0.2) is 39.6 Å². The molecule has 3 heterocycles. The van der Waals surface area contributed by atoms with Gasteiger partial charge in [-0.1, -0.05) is 6.92 Å². The SMILES string of the molecule is CC1CCN(S(=O)(=O)c2cccn(CC(=O)Nc3nccs3)c2=O)CC1. The Hall–Kier alpha value is -2.04. The zero-order valence-corrected chi connectivity index (χ0v) is 15.9. The fourth-order valence-electron chi connectivity index (χ4n) is 2.80. The number of rotatable bonds is 5. The molecule has 1 N–H and O–H groups in total. The van der Waals surface area contributed by atoms with Gasteiger partial charge in [-0.15, -0.1) is 11.3 Å². The minimum atomic E-state index is -3.87. The standard InChI is InChI=1S/C16H20N4O4S2/c1-12-4-8-20(9-5-12)26(23,24)13-3-2-7-19(15(13)22)11-14(21)18-16-17-6-10-25-16/h2-3,6-7,10,12H,4-5,8-9,11H2,1H3,(H,17,18,21). The lowest BCUT2D eigenvalue weighted by Crippen LogP contribution is -2.41. The van der Waals surface area contributed by atoms with Gasteiger partial charge in [0.05, 0.1) is 0 Å². The molecule has 0 aromatic carbocycles. The lowest BCUT2D eigenvalue weighted by molar-refractivity contribution is -0.116. The van der Waals surface area contributed by atoms with Crippen LogP contribution in [0.1, 0.15) is 19.8 Å². The molecular formula is C16H20N4O4S2. The topological polar surface area (TPSA) is 101 Å². The van der Waals surface area contributed by atoms with Crippen molar-refractivity contribution in [2.24, 2.45) is 5.92 Å². The molecule has 1 saturated heterocycles. The van der Waals surface area contributed by atoms with Crippen molar-refractivity contribution in [2.75, 3.05) is 18.4 Å². The molecule has 0 radical (unpaired) electrons. The van der Waals surface area contributed by atoms with Crippen LogP contribution in [-0.4, -0.2) is 41.3 Å². The molecule has 1 aliphatic heterocycles. The molecule has 1 fully saturated rings. The van der Waals surface area contributed by atoms with Gasteiger partial charge in [0.15, 0.2) is 5.13 Å². The average Bonchev–Trinajstić information content (AvgIpc) is 3.10. The number of hydrogen-bond acceptors (Lipinski definition) is 6. The van der Waals surface area contributed by atoms with Crippen LogP contribution in [0.2, 0.25) is 0 Å². The van der Waals surface area contributed by atoms with Gasteiger partial charge in [-0.05, 0) is 30.9 Å². The van der Waals surface area contributed by atoms with Gasteiger partial charge in [-0.2, -0.15) is 4.31 Å². The second-order valence-electron chi connectivity index (χ2n) is 6.28. The average molecular weight is 396 g/mol. The summed E-state index contributed by atoms with van der Waals surface area (Å²) in [5, 5.41) is 4.71. The van der Waals surface area contributed by atoms with E-state index in [0.717, 1.165) is 17.4 Å². The number of nitrogens with one attached hydrogen (secondary N) is 1. The summed E-state index contributed by atoms with van der Waals surface area (Å²) in [6.45, 7) is 2.62. The van der Waals surface area contributed by atoms with E-state index >= 15 is 0 Å². The minimum Gasteiger partial charge on any atom is -0.305 e. The van der Waals surface area contributed by atoms with Crippen LogP contribution in [-0.2, 0) is 21.4 Å². The predicted octanol–water partition coefficient (Wildman–Crippen LogP) is 1.36. The lowest BCUT2D eigenvalue weighted by atomic mass is 10.0. The summed E-state index contributed by atoms with van der Waals surface area (Å²) >= 11 is 1.26. The van der Waals surface area contributed by atoms with Gasteiger partial charge in [-0.25, -0.2) is 13.4 Å². The monoisotopic (exact) mass is 396 g/mol. The molecule has 8 nitrogen and oxygen atoms in total. The molecule has 0 aliphatic carbocycles. The van der Waals surface area contributed by atoms with E-state index in [1.54, 1.807) is 11.6 Å².